The average Bonchev–Trinajstić information content (AvgIpc) is 2.60. The van der Waals surface area contributed by atoms with Gasteiger partial charge in [-0.05, 0) is 26.6 Å². The van der Waals surface area contributed by atoms with Crippen LogP contribution >= 0.6 is 0 Å². The maximum atomic E-state index is 12.4. The third-order valence-corrected chi connectivity index (χ3v) is 4.85. The minimum atomic E-state index is -0.170. The van der Waals surface area contributed by atoms with Crippen LogP contribution in [0.5, 0.6) is 0 Å². The summed E-state index contributed by atoms with van der Waals surface area (Å²) in [5, 5.41) is 1.55. The summed E-state index contributed by atoms with van der Waals surface area (Å²) in [5.74, 6) is 0.735. The van der Waals surface area contributed by atoms with Crippen LogP contribution in [0.3, 0.4) is 0 Å². The number of hydrazine groups is 1. The van der Waals surface area contributed by atoms with Crippen molar-refractivity contribution < 1.29 is 4.79 Å². The van der Waals surface area contributed by atoms with Crippen molar-refractivity contribution in [2.75, 3.05) is 21.1 Å². The first-order valence-corrected chi connectivity index (χ1v) is 8.67. The third-order valence-electron chi connectivity index (χ3n) is 4.85. The Morgan fingerprint density at radius 2 is 1.76 bits per heavy atom. The fraction of sp³-hybridized carbons (Fsp3) is 0.400. The fourth-order valence-electron chi connectivity index (χ4n) is 3.69. The molecule has 0 bridgehead atoms. The molecule has 132 valence electrons. The zero-order chi connectivity index (χ0) is 18.0. The molecule has 25 heavy (non-hydrogen) atoms. The van der Waals surface area contributed by atoms with E-state index in [2.05, 4.69) is 61.7 Å². The van der Waals surface area contributed by atoms with E-state index >= 15 is 0 Å². The number of carbonyl (C=O) groups excluding carboxylic acids is 1. The van der Waals surface area contributed by atoms with Crippen molar-refractivity contribution in [2.24, 2.45) is 16.8 Å². The van der Waals surface area contributed by atoms with Gasteiger partial charge < -0.3 is 4.90 Å². The molecule has 0 aromatic heterocycles. The van der Waals surface area contributed by atoms with Gasteiger partial charge in [0.05, 0.1) is 23.9 Å². The van der Waals surface area contributed by atoms with E-state index in [9.17, 15) is 4.79 Å². The first-order valence-electron chi connectivity index (χ1n) is 8.67. The fourth-order valence-corrected chi connectivity index (χ4v) is 3.69. The summed E-state index contributed by atoms with van der Waals surface area (Å²) < 4.78 is 0. The van der Waals surface area contributed by atoms with Gasteiger partial charge in [0, 0.05) is 7.05 Å². The number of amides is 1. The minimum Gasteiger partial charge on any atom is -0.300 e. The molecule has 1 N–H and O–H groups in total. The van der Waals surface area contributed by atoms with Crippen LogP contribution in [-0.2, 0) is 4.79 Å². The average molecular weight is 338 g/mol. The van der Waals surface area contributed by atoms with Crippen molar-refractivity contribution in [1.29, 1.82) is 0 Å². The normalized spacial score (nSPS) is 26.5. The molecule has 1 aliphatic carbocycles. The molecule has 2 unspecified atom stereocenters. The number of allylic oxidation sites excluding steroid dienone is 2. The summed E-state index contributed by atoms with van der Waals surface area (Å²) in [6, 6.07) is 10.6. The van der Waals surface area contributed by atoms with Gasteiger partial charge in [-0.2, -0.15) is 0 Å². The second kappa shape index (κ2) is 7.23. The number of aliphatic imine (C=N–C) groups is 1. The first kappa shape index (κ1) is 17.4. The number of amidine groups is 1. The smallest absolute Gasteiger partial charge is 0.248 e. The molecule has 1 amide bonds. The van der Waals surface area contributed by atoms with Crippen LogP contribution in [0, 0.1) is 11.8 Å². The van der Waals surface area contributed by atoms with Gasteiger partial charge in [0.25, 0.3) is 0 Å². The van der Waals surface area contributed by atoms with Gasteiger partial charge in [0.1, 0.15) is 5.84 Å². The Morgan fingerprint density at radius 1 is 1.12 bits per heavy atom. The highest BCUT2D eigenvalue weighted by Crippen LogP contribution is 2.29. The molecule has 0 spiro atoms. The summed E-state index contributed by atoms with van der Waals surface area (Å²) >= 11 is 0. The van der Waals surface area contributed by atoms with Crippen molar-refractivity contribution in [3.8, 4) is 0 Å². The van der Waals surface area contributed by atoms with Gasteiger partial charge in [0.15, 0.2) is 0 Å². The van der Waals surface area contributed by atoms with Crippen LogP contribution in [0.4, 0.5) is 0 Å². The topological polar surface area (TPSA) is 47.9 Å². The Morgan fingerprint density at radius 3 is 2.40 bits per heavy atom. The summed E-state index contributed by atoms with van der Waals surface area (Å²) in [5.41, 5.74) is 4.41. The SMILES string of the molecule is C[C@H](N=C1NN(C)C(=O)C2C=CC=CC12)[C@H](c1ccccc1)N(C)C. The number of likely N-dealkylation sites (N-methyl/N-ethyl adjacent to an activating group) is 1. The third kappa shape index (κ3) is 3.51. The molecular formula is C20H26N4O. The Bertz CT molecular complexity index is 708. The highest BCUT2D eigenvalue weighted by molar-refractivity contribution is 5.98. The summed E-state index contributed by atoms with van der Waals surface area (Å²) in [4.78, 5) is 19.5. The van der Waals surface area contributed by atoms with E-state index in [1.165, 1.54) is 5.56 Å². The molecule has 5 heteroatoms. The van der Waals surface area contributed by atoms with Crippen LogP contribution in [0.2, 0.25) is 0 Å². The number of nitrogens with zero attached hydrogens (tertiary/aromatic N) is 3. The lowest BCUT2D eigenvalue weighted by Crippen LogP contribution is -2.56. The maximum Gasteiger partial charge on any atom is 0.248 e. The van der Waals surface area contributed by atoms with Crippen LogP contribution < -0.4 is 5.43 Å². The highest BCUT2D eigenvalue weighted by Gasteiger charge is 2.37. The van der Waals surface area contributed by atoms with Gasteiger partial charge in [-0.15, -0.1) is 0 Å². The number of hydrogen-bond acceptors (Lipinski definition) is 3. The zero-order valence-corrected chi connectivity index (χ0v) is 15.3. The minimum absolute atomic E-state index is 0.0188. The zero-order valence-electron chi connectivity index (χ0n) is 15.3. The Kier molecular flexibility index (Phi) is 5.04. The van der Waals surface area contributed by atoms with Crippen LogP contribution in [0.15, 0.2) is 59.6 Å². The second-order valence-electron chi connectivity index (χ2n) is 6.90. The number of nitrogens with one attached hydrogen (secondary N) is 1. The second-order valence-corrected chi connectivity index (χ2v) is 6.90. The molecule has 2 aliphatic rings. The molecule has 1 aromatic carbocycles. The van der Waals surface area contributed by atoms with Crippen LogP contribution in [0.1, 0.15) is 18.5 Å². The van der Waals surface area contributed by atoms with E-state index < -0.39 is 0 Å². The molecule has 3 rings (SSSR count). The quantitative estimate of drug-likeness (QED) is 0.917. The Hall–Kier alpha value is -2.40. The molecule has 0 radical (unpaired) electrons. The predicted molar refractivity (Wildman–Crippen MR) is 101 cm³/mol. The standard InChI is InChI=1S/C20H26N4O/c1-14(18(23(2)3)15-10-6-5-7-11-15)21-19-16-12-8-9-13-17(16)20(25)24(4)22-19/h5-14,16-18H,1-4H3,(H,21,22)/t14-,16?,17?,18+/m0/s1. The van der Waals surface area contributed by atoms with Crippen LogP contribution in [-0.4, -0.2) is 48.8 Å². The molecule has 4 atom stereocenters. The van der Waals surface area contributed by atoms with Crippen molar-refractivity contribution in [3.05, 3.63) is 60.2 Å². The van der Waals surface area contributed by atoms with E-state index in [0.717, 1.165) is 5.84 Å². The van der Waals surface area contributed by atoms with Crippen molar-refractivity contribution in [1.82, 2.24) is 15.3 Å². The first-order chi connectivity index (χ1) is 12.0. The maximum absolute atomic E-state index is 12.4. The lowest BCUT2D eigenvalue weighted by Gasteiger charge is -2.37. The van der Waals surface area contributed by atoms with Gasteiger partial charge in [-0.3, -0.25) is 20.2 Å². The van der Waals surface area contributed by atoms with Crippen LogP contribution in [0.25, 0.3) is 0 Å². The number of carbonyl (C=O) groups is 1. The molecule has 1 saturated heterocycles. The van der Waals surface area contributed by atoms with Gasteiger partial charge >= 0.3 is 0 Å². The van der Waals surface area contributed by atoms with E-state index in [1.807, 2.05) is 24.3 Å². The summed E-state index contributed by atoms with van der Waals surface area (Å²) in [7, 11) is 5.90. The number of fused-ring (bicyclic) bond motifs is 1. The highest BCUT2D eigenvalue weighted by atomic mass is 16.2. The largest absolute Gasteiger partial charge is 0.300 e. The molecule has 0 saturated carbocycles. The molecule has 1 fully saturated rings. The van der Waals surface area contributed by atoms with Gasteiger partial charge in [0.2, 0.25) is 5.91 Å². The molecular weight excluding hydrogens is 312 g/mol. The Balaban J connectivity index is 1.90. The molecule has 1 aliphatic heterocycles. The number of hydrogen-bond donors (Lipinski definition) is 1. The monoisotopic (exact) mass is 338 g/mol. The number of benzene rings is 1. The summed E-state index contributed by atoms with van der Waals surface area (Å²) in [6.45, 7) is 2.13. The van der Waals surface area contributed by atoms with Crippen molar-refractivity contribution in [3.63, 3.8) is 0 Å². The number of rotatable bonds is 4. The molecule has 1 heterocycles. The van der Waals surface area contributed by atoms with Crippen molar-refractivity contribution in [2.45, 2.75) is 19.0 Å². The lowest BCUT2D eigenvalue weighted by atomic mass is 9.85. The van der Waals surface area contributed by atoms with Crippen molar-refractivity contribution >= 4 is 11.7 Å². The Labute approximate surface area is 149 Å². The van der Waals surface area contributed by atoms with E-state index in [1.54, 1.807) is 12.1 Å². The van der Waals surface area contributed by atoms with E-state index in [4.69, 9.17) is 4.99 Å². The predicted octanol–water partition coefficient (Wildman–Crippen LogP) is 2.41. The summed E-state index contributed by atoms with van der Waals surface area (Å²) in [6.07, 6.45) is 7.95. The molecule has 5 nitrogen and oxygen atoms in total. The van der Waals surface area contributed by atoms with E-state index in [0.29, 0.717) is 0 Å². The van der Waals surface area contributed by atoms with E-state index in [-0.39, 0.29) is 29.8 Å². The van der Waals surface area contributed by atoms with Gasteiger partial charge in [-0.25, -0.2) is 0 Å². The molecule has 1 aromatic rings. The lowest BCUT2D eigenvalue weighted by molar-refractivity contribution is -0.136. The van der Waals surface area contributed by atoms with Gasteiger partial charge in [-0.1, -0.05) is 54.6 Å².